The Labute approximate surface area is 149 Å². The number of likely N-dealkylation sites (tertiary alicyclic amines) is 1. The molecule has 0 spiro atoms. The summed E-state index contributed by atoms with van der Waals surface area (Å²) in [5, 5.41) is 8.76. The highest BCUT2D eigenvalue weighted by Gasteiger charge is 2.29. The summed E-state index contributed by atoms with van der Waals surface area (Å²) in [6.07, 6.45) is 4.86. The summed E-state index contributed by atoms with van der Waals surface area (Å²) in [6, 6.07) is 0. The second-order valence-corrected chi connectivity index (χ2v) is 8.44. The van der Waals surface area contributed by atoms with Gasteiger partial charge in [-0.3, -0.25) is 4.79 Å². The molecule has 3 rings (SSSR count). The third kappa shape index (κ3) is 4.51. The van der Waals surface area contributed by atoms with Crippen LogP contribution in [0.1, 0.15) is 43.3 Å². The Morgan fingerprint density at radius 2 is 2.08 bits per heavy atom. The van der Waals surface area contributed by atoms with Crippen molar-refractivity contribution in [3.63, 3.8) is 0 Å². The first-order valence-corrected chi connectivity index (χ1v) is 10.1. The van der Waals surface area contributed by atoms with Crippen molar-refractivity contribution in [1.82, 2.24) is 24.6 Å². The highest BCUT2D eigenvalue weighted by atomic mass is 32.2. The Morgan fingerprint density at radius 3 is 2.79 bits per heavy atom. The molecule has 0 radical (unpaired) electrons. The molecule has 2 heterocycles. The summed E-state index contributed by atoms with van der Waals surface area (Å²) in [5.41, 5.74) is 0. The van der Waals surface area contributed by atoms with Gasteiger partial charge in [-0.2, -0.15) is 11.8 Å². The predicted molar refractivity (Wildman–Crippen MR) is 97.0 cm³/mol. The molecule has 1 aromatic heterocycles. The molecule has 7 heteroatoms. The molecule has 1 saturated carbocycles. The minimum Gasteiger partial charge on any atom is -0.341 e. The molecule has 0 bridgehead atoms. The first kappa shape index (κ1) is 17.7. The van der Waals surface area contributed by atoms with Crippen LogP contribution in [0.5, 0.6) is 0 Å². The maximum Gasteiger partial charge on any atom is 0.232 e. The number of carbonyl (C=O) groups excluding carboxylic acids is 1. The fraction of sp³-hybridized carbons (Fsp3) is 0.824. The fourth-order valence-electron chi connectivity index (χ4n) is 3.25. The standard InChI is InChI=1S/C17H29N5OS/c1-20(2)10-15-18-19-17(21(15)3)14-5-4-8-22(9-14)16(23)12-24-11-13-6-7-13/h13-14H,4-12H2,1-3H3/t14-/m0/s1. The van der Waals surface area contributed by atoms with Gasteiger partial charge < -0.3 is 14.4 Å². The lowest BCUT2D eigenvalue weighted by Crippen LogP contribution is -2.40. The van der Waals surface area contributed by atoms with Gasteiger partial charge >= 0.3 is 0 Å². The molecule has 1 aliphatic carbocycles. The van der Waals surface area contributed by atoms with E-state index in [1.54, 1.807) is 11.8 Å². The van der Waals surface area contributed by atoms with Crippen LogP contribution in [-0.2, 0) is 18.4 Å². The van der Waals surface area contributed by atoms with E-state index in [1.807, 2.05) is 26.0 Å². The van der Waals surface area contributed by atoms with Crippen LogP contribution in [0.25, 0.3) is 0 Å². The van der Waals surface area contributed by atoms with E-state index in [0.29, 0.717) is 17.6 Å². The van der Waals surface area contributed by atoms with Gasteiger partial charge in [0, 0.05) is 26.1 Å². The minimum absolute atomic E-state index is 0.293. The Balaban J connectivity index is 1.56. The van der Waals surface area contributed by atoms with E-state index in [1.165, 1.54) is 12.8 Å². The van der Waals surface area contributed by atoms with Crippen LogP contribution in [-0.4, -0.2) is 69.2 Å². The third-order valence-corrected chi connectivity index (χ3v) is 6.03. The van der Waals surface area contributed by atoms with E-state index in [-0.39, 0.29) is 0 Å². The second kappa shape index (κ2) is 7.87. The van der Waals surface area contributed by atoms with Crippen LogP contribution in [0.4, 0.5) is 0 Å². The number of hydrogen-bond donors (Lipinski definition) is 0. The number of thioether (sulfide) groups is 1. The topological polar surface area (TPSA) is 54.3 Å². The van der Waals surface area contributed by atoms with Gasteiger partial charge in [0.05, 0.1) is 12.3 Å². The number of hydrogen-bond acceptors (Lipinski definition) is 5. The van der Waals surface area contributed by atoms with Gasteiger partial charge in [0.2, 0.25) is 5.91 Å². The number of amides is 1. The van der Waals surface area contributed by atoms with E-state index in [0.717, 1.165) is 55.8 Å². The average Bonchev–Trinajstić information content (AvgIpc) is 3.31. The van der Waals surface area contributed by atoms with Crippen LogP contribution in [0.3, 0.4) is 0 Å². The molecule has 1 aliphatic heterocycles. The van der Waals surface area contributed by atoms with Crippen LogP contribution >= 0.6 is 11.8 Å². The number of nitrogens with zero attached hydrogens (tertiary/aromatic N) is 5. The molecule has 1 saturated heterocycles. The number of rotatable bonds is 7. The molecular weight excluding hydrogens is 322 g/mol. The monoisotopic (exact) mass is 351 g/mol. The molecule has 0 unspecified atom stereocenters. The van der Waals surface area contributed by atoms with Crippen molar-refractivity contribution in [2.24, 2.45) is 13.0 Å². The van der Waals surface area contributed by atoms with E-state index < -0.39 is 0 Å². The average molecular weight is 352 g/mol. The van der Waals surface area contributed by atoms with Crippen molar-refractivity contribution < 1.29 is 4.79 Å². The molecule has 134 valence electrons. The summed E-state index contributed by atoms with van der Waals surface area (Å²) in [6.45, 7) is 2.47. The normalized spacial score (nSPS) is 21.5. The van der Waals surface area contributed by atoms with Crippen molar-refractivity contribution >= 4 is 17.7 Å². The lowest BCUT2D eigenvalue weighted by Gasteiger charge is -2.32. The van der Waals surface area contributed by atoms with Crippen molar-refractivity contribution in [3.05, 3.63) is 11.6 Å². The lowest BCUT2D eigenvalue weighted by atomic mass is 9.97. The van der Waals surface area contributed by atoms with E-state index >= 15 is 0 Å². The molecule has 2 fully saturated rings. The van der Waals surface area contributed by atoms with Gasteiger partial charge in [-0.1, -0.05) is 0 Å². The van der Waals surface area contributed by atoms with Gasteiger partial charge in [0.25, 0.3) is 0 Å². The highest BCUT2D eigenvalue weighted by molar-refractivity contribution is 7.99. The molecular formula is C17H29N5OS. The first-order valence-electron chi connectivity index (χ1n) is 8.93. The molecule has 0 aromatic carbocycles. The number of aromatic nitrogens is 3. The third-order valence-electron chi connectivity index (χ3n) is 4.87. The smallest absolute Gasteiger partial charge is 0.232 e. The Kier molecular flexibility index (Phi) is 5.81. The lowest BCUT2D eigenvalue weighted by molar-refractivity contribution is -0.129. The van der Waals surface area contributed by atoms with Crippen molar-refractivity contribution in [2.75, 3.05) is 38.7 Å². The van der Waals surface area contributed by atoms with Crippen molar-refractivity contribution in [3.8, 4) is 0 Å². The zero-order valence-corrected chi connectivity index (χ0v) is 15.9. The van der Waals surface area contributed by atoms with Gasteiger partial charge in [-0.05, 0) is 51.4 Å². The Bertz CT molecular complexity index is 569. The predicted octanol–water partition coefficient (Wildman–Crippen LogP) is 1.73. The largest absolute Gasteiger partial charge is 0.341 e. The first-order chi connectivity index (χ1) is 11.5. The Morgan fingerprint density at radius 1 is 1.29 bits per heavy atom. The highest BCUT2D eigenvalue weighted by Crippen LogP contribution is 2.32. The maximum atomic E-state index is 12.5. The minimum atomic E-state index is 0.293. The molecule has 2 aliphatic rings. The molecule has 24 heavy (non-hydrogen) atoms. The van der Waals surface area contributed by atoms with Gasteiger partial charge in [0.1, 0.15) is 11.6 Å². The summed E-state index contributed by atoms with van der Waals surface area (Å²) in [7, 11) is 6.11. The van der Waals surface area contributed by atoms with Crippen molar-refractivity contribution in [2.45, 2.75) is 38.1 Å². The van der Waals surface area contributed by atoms with Gasteiger partial charge in [-0.15, -0.1) is 10.2 Å². The number of piperidine rings is 1. The van der Waals surface area contributed by atoms with Gasteiger partial charge in [0.15, 0.2) is 0 Å². The van der Waals surface area contributed by atoms with E-state index in [2.05, 4.69) is 19.7 Å². The summed E-state index contributed by atoms with van der Waals surface area (Å²) in [4.78, 5) is 16.6. The van der Waals surface area contributed by atoms with Crippen LogP contribution < -0.4 is 0 Å². The van der Waals surface area contributed by atoms with Crippen LogP contribution in [0.15, 0.2) is 0 Å². The van der Waals surface area contributed by atoms with Crippen LogP contribution in [0, 0.1) is 5.92 Å². The summed E-state index contributed by atoms with van der Waals surface area (Å²) < 4.78 is 2.11. The van der Waals surface area contributed by atoms with Crippen LogP contribution in [0.2, 0.25) is 0 Å². The molecule has 1 aromatic rings. The van der Waals surface area contributed by atoms with E-state index in [9.17, 15) is 4.79 Å². The number of carbonyl (C=O) groups is 1. The van der Waals surface area contributed by atoms with Gasteiger partial charge in [-0.25, -0.2) is 0 Å². The van der Waals surface area contributed by atoms with E-state index in [4.69, 9.17) is 0 Å². The SMILES string of the molecule is CN(C)Cc1nnc([C@H]2CCCN(C(=O)CSCC3CC3)C2)n1C. The summed E-state index contributed by atoms with van der Waals surface area (Å²) in [5.74, 6) is 5.28. The zero-order chi connectivity index (χ0) is 17.1. The maximum absolute atomic E-state index is 12.5. The molecule has 6 nitrogen and oxygen atoms in total. The molecule has 1 amide bonds. The molecule has 0 N–H and O–H groups in total. The van der Waals surface area contributed by atoms with Crippen molar-refractivity contribution in [1.29, 1.82) is 0 Å². The fourth-order valence-corrected chi connectivity index (χ4v) is 4.40. The zero-order valence-electron chi connectivity index (χ0n) is 15.1. The Hall–Kier alpha value is -1.08. The quantitative estimate of drug-likeness (QED) is 0.749. The molecule has 1 atom stereocenters. The summed E-state index contributed by atoms with van der Waals surface area (Å²) >= 11 is 1.81. The second-order valence-electron chi connectivity index (χ2n) is 7.41.